The van der Waals surface area contributed by atoms with E-state index in [0.29, 0.717) is 6.54 Å². The van der Waals surface area contributed by atoms with E-state index in [1.165, 1.54) is 0 Å². The van der Waals surface area contributed by atoms with Crippen LogP contribution >= 0.6 is 0 Å². The van der Waals surface area contributed by atoms with Gasteiger partial charge in [-0.3, -0.25) is 4.79 Å². The Bertz CT molecular complexity index is 462. The highest BCUT2D eigenvalue weighted by Crippen LogP contribution is 2.24. The normalized spacial score (nSPS) is 21.2. The number of rotatable bonds is 7. The Morgan fingerprint density at radius 3 is 3.00 bits per heavy atom. The number of benzene rings is 1. The number of ether oxygens (including phenoxy) is 1. The molecule has 0 aromatic heterocycles. The zero-order valence-electron chi connectivity index (χ0n) is 12.8. The van der Waals surface area contributed by atoms with Gasteiger partial charge in [-0.2, -0.15) is 0 Å². The van der Waals surface area contributed by atoms with E-state index in [0.717, 1.165) is 50.0 Å². The second kappa shape index (κ2) is 8.03. The highest BCUT2D eigenvalue weighted by molar-refractivity contribution is 5.79. The summed E-state index contributed by atoms with van der Waals surface area (Å²) in [7, 11) is 0. The molecule has 0 aliphatic heterocycles. The fraction of sp³-hybridized carbons (Fsp3) is 0.588. The lowest BCUT2D eigenvalue weighted by Gasteiger charge is -2.12. The maximum atomic E-state index is 12.1. The first-order valence-corrected chi connectivity index (χ1v) is 7.94. The van der Waals surface area contributed by atoms with Crippen molar-refractivity contribution in [1.82, 2.24) is 5.32 Å². The van der Waals surface area contributed by atoms with Crippen molar-refractivity contribution in [2.75, 3.05) is 6.61 Å². The summed E-state index contributed by atoms with van der Waals surface area (Å²) in [6.45, 7) is 3.44. The maximum Gasteiger partial charge on any atom is 0.223 e. The van der Waals surface area contributed by atoms with Crippen LogP contribution < -0.4 is 15.8 Å². The van der Waals surface area contributed by atoms with Gasteiger partial charge in [-0.05, 0) is 43.4 Å². The number of nitrogens with one attached hydrogen (secondary N) is 1. The second-order valence-corrected chi connectivity index (χ2v) is 5.84. The van der Waals surface area contributed by atoms with Crippen molar-refractivity contribution in [3.63, 3.8) is 0 Å². The number of nitrogens with two attached hydrogens (primary N) is 1. The predicted octanol–water partition coefficient (Wildman–Crippen LogP) is 2.61. The topological polar surface area (TPSA) is 64.3 Å². The molecule has 1 fully saturated rings. The molecule has 2 rings (SSSR count). The number of unbranched alkanes of at least 4 members (excludes halogenated alkanes) is 1. The summed E-state index contributed by atoms with van der Waals surface area (Å²) in [4.78, 5) is 12.1. The number of amides is 1. The average Bonchev–Trinajstić information content (AvgIpc) is 2.92. The molecular weight excluding hydrogens is 264 g/mol. The van der Waals surface area contributed by atoms with Crippen LogP contribution in [0.2, 0.25) is 0 Å². The van der Waals surface area contributed by atoms with E-state index in [9.17, 15) is 4.79 Å². The van der Waals surface area contributed by atoms with Crippen molar-refractivity contribution < 1.29 is 9.53 Å². The van der Waals surface area contributed by atoms with Gasteiger partial charge in [0.05, 0.1) is 6.61 Å². The second-order valence-electron chi connectivity index (χ2n) is 5.84. The Morgan fingerprint density at radius 1 is 1.43 bits per heavy atom. The van der Waals surface area contributed by atoms with E-state index in [2.05, 4.69) is 12.2 Å². The highest BCUT2D eigenvalue weighted by Gasteiger charge is 2.27. The monoisotopic (exact) mass is 290 g/mol. The van der Waals surface area contributed by atoms with E-state index in [-0.39, 0.29) is 17.9 Å². The number of carbonyl (C=O) groups excluding carboxylic acids is 1. The van der Waals surface area contributed by atoms with Gasteiger partial charge in [0.2, 0.25) is 5.91 Å². The molecule has 2 unspecified atom stereocenters. The Kier molecular flexibility index (Phi) is 6.05. The Labute approximate surface area is 127 Å². The van der Waals surface area contributed by atoms with Gasteiger partial charge >= 0.3 is 0 Å². The van der Waals surface area contributed by atoms with Crippen LogP contribution in [0.3, 0.4) is 0 Å². The van der Waals surface area contributed by atoms with Gasteiger partial charge in [0.25, 0.3) is 0 Å². The molecule has 116 valence electrons. The Hall–Kier alpha value is -1.55. The molecule has 1 aromatic rings. The zero-order valence-corrected chi connectivity index (χ0v) is 12.8. The van der Waals surface area contributed by atoms with Gasteiger partial charge in [-0.1, -0.05) is 25.5 Å². The number of hydrogen-bond acceptors (Lipinski definition) is 3. The summed E-state index contributed by atoms with van der Waals surface area (Å²) in [6, 6.07) is 8.12. The van der Waals surface area contributed by atoms with Gasteiger partial charge in [0, 0.05) is 18.5 Å². The molecule has 0 bridgehead atoms. The van der Waals surface area contributed by atoms with Gasteiger partial charge in [0.15, 0.2) is 0 Å². The van der Waals surface area contributed by atoms with Crippen molar-refractivity contribution >= 4 is 5.91 Å². The molecule has 1 aromatic carbocycles. The van der Waals surface area contributed by atoms with E-state index in [1.54, 1.807) is 0 Å². The van der Waals surface area contributed by atoms with E-state index in [1.807, 2.05) is 24.3 Å². The third-order valence-electron chi connectivity index (χ3n) is 3.98. The molecule has 0 saturated heterocycles. The van der Waals surface area contributed by atoms with Gasteiger partial charge in [-0.15, -0.1) is 0 Å². The minimum Gasteiger partial charge on any atom is -0.494 e. The standard InChI is InChI=1S/C17H26N2O2/c1-2-3-9-21-16-6-4-5-13(10-16)12-19-17(20)14-7-8-15(18)11-14/h4-6,10,14-15H,2-3,7-9,11-12,18H2,1H3,(H,19,20). The van der Waals surface area contributed by atoms with Gasteiger partial charge < -0.3 is 15.8 Å². The third-order valence-corrected chi connectivity index (χ3v) is 3.98. The lowest BCUT2D eigenvalue weighted by atomic mass is 10.1. The van der Waals surface area contributed by atoms with Crippen LogP contribution in [0.15, 0.2) is 24.3 Å². The summed E-state index contributed by atoms with van der Waals surface area (Å²) in [5, 5.41) is 3.01. The lowest BCUT2D eigenvalue weighted by molar-refractivity contribution is -0.125. The first-order valence-electron chi connectivity index (χ1n) is 7.94. The molecule has 1 amide bonds. The minimum absolute atomic E-state index is 0.0870. The quantitative estimate of drug-likeness (QED) is 0.759. The van der Waals surface area contributed by atoms with E-state index in [4.69, 9.17) is 10.5 Å². The third kappa shape index (κ3) is 5.05. The first-order chi connectivity index (χ1) is 10.2. The molecule has 2 atom stereocenters. The fourth-order valence-electron chi connectivity index (χ4n) is 2.67. The first kappa shape index (κ1) is 15.8. The van der Waals surface area contributed by atoms with Crippen molar-refractivity contribution in [3.05, 3.63) is 29.8 Å². The Morgan fingerprint density at radius 2 is 2.29 bits per heavy atom. The zero-order chi connectivity index (χ0) is 15.1. The molecule has 4 heteroatoms. The largest absolute Gasteiger partial charge is 0.494 e. The Balaban J connectivity index is 1.79. The lowest BCUT2D eigenvalue weighted by Crippen LogP contribution is -2.29. The van der Waals surface area contributed by atoms with E-state index < -0.39 is 0 Å². The van der Waals surface area contributed by atoms with Crippen molar-refractivity contribution in [1.29, 1.82) is 0 Å². The predicted molar refractivity (Wildman–Crippen MR) is 84.0 cm³/mol. The van der Waals surface area contributed by atoms with Crippen molar-refractivity contribution in [3.8, 4) is 5.75 Å². The summed E-state index contributed by atoms with van der Waals surface area (Å²) in [6.07, 6.45) is 4.86. The van der Waals surface area contributed by atoms with E-state index >= 15 is 0 Å². The average molecular weight is 290 g/mol. The molecule has 0 heterocycles. The molecule has 1 aliphatic rings. The molecule has 4 nitrogen and oxygen atoms in total. The highest BCUT2D eigenvalue weighted by atomic mass is 16.5. The molecule has 3 N–H and O–H groups in total. The van der Waals surface area contributed by atoms with Gasteiger partial charge in [0.1, 0.15) is 5.75 Å². The van der Waals surface area contributed by atoms with Crippen molar-refractivity contribution in [2.45, 2.75) is 51.6 Å². The SMILES string of the molecule is CCCCOc1cccc(CNC(=O)C2CCC(N)C2)c1. The van der Waals surface area contributed by atoms with Crippen LogP contribution in [0.4, 0.5) is 0 Å². The van der Waals surface area contributed by atoms with Crippen LogP contribution in [-0.4, -0.2) is 18.6 Å². The van der Waals surface area contributed by atoms with Crippen LogP contribution in [0.1, 0.15) is 44.6 Å². The van der Waals surface area contributed by atoms with Crippen molar-refractivity contribution in [2.24, 2.45) is 11.7 Å². The fourth-order valence-corrected chi connectivity index (χ4v) is 2.67. The van der Waals surface area contributed by atoms with Gasteiger partial charge in [-0.25, -0.2) is 0 Å². The number of carbonyl (C=O) groups is 1. The molecule has 1 saturated carbocycles. The number of hydrogen-bond donors (Lipinski definition) is 2. The van der Waals surface area contributed by atoms with Crippen LogP contribution in [0.5, 0.6) is 5.75 Å². The molecule has 0 radical (unpaired) electrons. The summed E-state index contributed by atoms with van der Waals surface area (Å²) < 4.78 is 5.68. The summed E-state index contributed by atoms with van der Waals surface area (Å²) in [5.41, 5.74) is 6.92. The minimum atomic E-state index is 0.0870. The molecule has 1 aliphatic carbocycles. The van der Waals surface area contributed by atoms with Crippen LogP contribution in [0.25, 0.3) is 0 Å². The molecule has 21 heavy (non-hydrogen) atoms. The summed E-state index contributed by atoms with van der Waals surface area (Å²) in [5.74, 6) is 1.09. The maximum absolute atomic E-state index is 12.1. The smallest absolute Gasteiger partial charge is 0.223 e. The summed E-state index contributed by atoms with van der Waals surface area (Å²) >= 11 is 0. The van der Waals surface area contributed by atoms with Crippen LogP contribution in [0, 0.1) is 5.92 Å². The molecule has 0 spiro atoms. The van der Waals surface area contributed by atoms with Crippen LogP contribution in [-0.2, 0) is 11.3 Å². The molecular formula is C17H26N2O2.